The zero-order valence-electron chi connectivity index (χ0n) is 19.2. The van der Waals surface area contributed by atoms with Gasteiger partial charge in [-0.3, -0.25) is 4.90 Å². The van der Waals surface area contributed by atoms with Gasteiger partial charge in [-0.05, 0) is 56.0 Å². The summed E-state index contributed by atoms with van der Waals surface area (Å²) in [4.78, 5) is 17.8. The average molecular weight is 518 g/mol. The van der Waals surface area contributed by atoms with E-state index in [1.807, 2.05) is 12.1 Å². The van der Waals surface area contributed by atoms with Crippen LogP contribution in [0.1, 0.15) is 25.3 Å². The van der Waals surface area contributed by atoms with Gasteiger partial charge < -0.3 is 14.7 Å². The summed E-state index contributed by atoms with van der Waals surface area (Å²) in [6, 6.07) is 12.1. The smallest absolute Gasteiger partial charge is 0.475 e. The van der Waals surface area contributed by atoms with Crippen LogP contribution in [0.3, 0.4) is 0 Å². The predicted molar refractivity (Wildman–Crippen MR) is 124 cm³/mol. The Morgan fingerprint density at radius 3 is 2.40 bits per heavy atom. The van der Waals surface area contributed by atoms with E-state index in [1.54, 1.807) is 12.3 Å². The minimum absolute atomic E-state index is 0.235. The highest BCUT2D eigenvalue weighted by Crippen LogP contribution is 2.27. The molecule has 0 aliphatic carbocycles. The summed E-state index contributed by atoms with van der Waals surface area (Å²) >= 11 is 6.03. The number of aromatic nitrogens is 1. The van der Waals surface area contributed by atoms with Crippen molar-refractivity contribution in [2.24, 2.45) is 0 Å². The lowest BCUT2D eigenvalue weighted by Crippen LogP contribution is -2.56. The van der Waals surface area contributed by atoms with Crippen molar-refractivity contribution < 1.29 is 32.2 Å². The number of carboxylic acid groups (broad SMARTS) is 1. The van der Waals surface area contributed by atoms with Crippen LogP contribution in [-0.2, 0) is 16.0 Å². The van der Waals surface area contributed by atoms with Crippen molar-refractivity contribution in [2.45, 2.75) is 50.6 Å². The highest BCUT2D eigenvalue weighted by atomic mass is 35.5. The lowest BCUT2D eigenvalue weighted by Gasteiger charge is -2.46. The lowest BCUT2D eigenvalue weighted by molar-refractivity contribution is -0.192. The van der Waals surface area contributed by atoms with Crippen LogP contribution in [-0.4, -0.2) is 71.6 Å². The molecule has 0 radical (unpaired) electrons. The van der Waals surface area contributed by atoms with Gasteiger partial charge in [-0.25, -0.2) is 14.2 Å². The summed E-state index contributed by atoms with van der Waals surface area (Å²) in [5.41, 5.74) is 1.28. The van der Waals surface area contributed by atoms with Gasteiger partial charge in [0.2, 0.25) is 0 Å². The largest absolute Gasteiger partial charge is 0.490 e. The molecule has 2 fully saturated rings. The molecule has 0 bridgehead atoms. The van der Waals surface area contributed by atoms with Crippen molar-refractivity contribution in [1.29, 1.82) is 0 Å². The number of halogens is 5. The molecule has 1 aromatic carbocycles. The fourth-order valence-electron chi connectivity index (χ4n) is 4.41. The molecule has 6 nitrogen and oxygen atoms in total. The third-order valence-electron chi connectivity index (χ3n) is 6.11. The van der Waals surface area contributed by atoms with Crippen LogP contribution in [0.15, 0.2) is 42.6 Å². The summed E-state index contributed by atoms with van der Waals surface area (Å²) in [5, 5.41) is 7.89. The molecule has 2 aromatic rings. The summed E-state index contributed by atoms with van der Waals surface area (Å²) < 4.78 is 51.8. The van der Waals surface area contributed by atoms with Crippen LogP contribution in [0.4, 0.5) is 23.4 Å². The van der Waals surface area contributed by atoms with Gasteiger partial charge in [0.1, 0.15) is 0 Å². The number of rotatable bonds is 4. The monoisotopic (exact) mass is 517 g/mol. The van der Waals surface area contributed by atoms with E-state index >= 15 is 0 Å². The number of hydrogen-bond acceptors (Lipinski definition) is 5. The van der Waals surface area contributed by atoms with E-state index in [9.17, 15) is 17.6 Å². The Kier molecular flexibility index (Phi) is 9.32. The first-order valence-corrected chi connectivity index (χ1v) is 11.7. The quantitative estimate of drug-likeness (QED) is 0.587. The van der Waals surface area contributed by atoms with Gasteiger partial charge >= 0.3 is 12.1 Å². The number of carboxylic acids is 1. The molecule has 11 heteroatoms. The van der Waals surface area contributed by atoms with Gasteiger partial charge in [0.25, 0.3) is 0 Å². The summed E-state index contributed by atoms with van der Waals surface area (Å²) in [6.45, 7) is 5.50. The minimum Gasteiger partial charge on any atom is -0.475 e. The molecule has 35 heavy (non-hydrogen) atoms. The number of carbonyl (C=O) groups is 1. The maximum atomic E-state index is 14.1. The summed E-state index contributed by atoms with van der Waals surface area (Å²) in [5.74, 6) is -2.51. The number of benzene rings is 1. The normalized spacial score (nSPS) is 21.8. The number of morpholine rings is 1. The van der Waals surface area contributed by atoms with E-state index in [4.69, 9.17) is 26.2 Å². The molecule has 1 N–H and O–H groups in total. The van der Waals surface area contributed by atoms with Crippen LogP contribution < -0.4 is 4.90 Å². The molecule has 0 unspecified atom stereocenters. The van der Waals surface area contributed by atoms with Gasteiger partial charge in [0.15, 0.2) is 11.6 Å². The Bertz CT molecular complexity index is 969. The van der Waals surface area contributed by atoms with E-state index < -0.39 is 12.1 Å². The molecule has 0 saturated carbocycles. The van der Waals surface area contributed by atoms with Gasteiger partial charge in [-0.15, -0.1) is 0 Å². The number of hydrogen-bond donors (Lipinski definition) is 1. The molecule has 2 atom stereocenters. The molecule has 3 heterocycles. The molecule has 0 spiro atoms. The van der Waals surface area contributed by atoms with Crippen LogP contribution >= 0.6 is 11.6 Å². The topological polar surface area (TPSA) is 65.9 Å². The first-order valence-electron chi connectivity index (χ1n) is 11.3. The third kappa shape index (κ3) is 7.78. The SMILES string of the molecule is C[C@H]1CN(C2CCN(c3ncccc3F)CC2)[C@@H](Cc2ccc(Cl)cc2)CO1.O=C(O)C(F)(F)F. The van der Waals surface area contributed by atoms with E-state index in [0.717, 1.165) is 50.5 Å². The summed E-state index contributed by atoms with van der Waals surface area (Å²) in [7, 11) is 0. The van der Waals surface area contributed by atoms with E-state index in [1.165, 1.54) is 11.6 Å². The van der Waals surface area contributed by atoms with Crippen molar-refractivity contribution >= 4 is 23.4 Å². The number of anilines is 1. The Labute approximate surface area is 206 Å². The first-order chi connectivity index (χ1) is 16.5. The van der Waals surface area contributed by atoms with Gasteiger partial charge in [-0.1, -0.05) is 23.7 Å². The molecule has 2 aliphatic heterocycles. The van der Waals surface area contributed by atoms with Crippen molar-refractivity contribution in [3.63, 3.8) is 0 Å². The molecule has 4 rings (SSSR count). The number of pyridine rings is 1. The van der Waals surface area contributed by atoms with E-state index in [-0.39, 0.29) is 11.9 Å². The van der Waals surface area contributed by atoms with Crippen LogP contribution in [0, 0.1) is 5.82 Å². The first kappa shape index (κ1) is 27.2. The standard InChI is InChI=1S/C22H27ClFN3O.C2HF3O2/c1-16-14-27(20(15-28-16)13-17-4-6-18(23)7-5-17)19-8-11-26(12-9-19)22-21(24)3-2-10-25-22;3-2(4,5)1(6)7/h2-7,10,16,19-20H,8-9,11-15H2,1H3;(H,6,7)/t16-,20-;/m0./s1. The molecule has 2 aliphatic rings. The third-order valence-corrected chi connectivity index (χ3v) is 6.36. The molecule has 192 valence electrons. The molecule has 0 amide bonds. The second-order valence-corrected chi connectivity index (χ2v) is 9.09. The maximum absolute atomic E-state index is 14.1. The average Bonchev–Trinajstić information content (AvgIpc) is 2.82. The molecule has 1 aromatic heterocycles. The molecule has 2 saturated heterocycles. The second kappa shape index (κ2) is 12.0. The highest BCUT2D eigenvalue weighted by molar-refractivity contribution is 6.30. The Morgan fingerprint density at radius 1 is 1.20 bits per heavy atom. The second-order valence-electron chi connectivity index (χ2n) is 8.66. The van der Waals surface area contributed by atoms with E-state index in [0.29, 0.717) is 17.9 Å². The van der Waals surface area contributed by atoms with Crippen molar-refractivity contribution in [3.05, 3.63) is 59.0 Å². The fourth-order valence-corrected chi connectivity index (χ4v) is 4.53. The zero-order chi connectivity index (χ0) is 25.6. The fraction of sp³-hybridized carbons (Fsp3) is 0.500. The summed E-state index contributed by atoms with van der Waals surface area (Å²) in [6.07, 6.45) is -0.192. The van der Waals surface area contributed by atoms with Crippen molar-refractivity contribution in [1.82, 2.24) is 9.88 Å². The molecular weight excluding hydrogens is 490 g/mol. The Balaban J connectivity index is 0.000000429. The predicted octanol–water partition coefficient (Wildman–Crippen LogP) is 4.81. The maximum Gasteiger partial charge on any atom is 0.490 e. The number of nitrogens with zero attached hydrogens (tertiary/aromatic N) is 3. The zero-order valence-corrected chi connectivity index (χ0v) is 20.0. The minimum atomic E-state index is -5.08. The number of ether oxygens (including phenoxy) is 1. The van der Waals surface area contributed by atoms with Gasteiger partial charge in [0, 0.05) is 42.9 Å². The van der Waals surface area contributed by atoms with Crippen LogP contribution in [0.5, 0.6) is 0 Å². The van der Waals surface area contributed by atoms with Crippen LogP contribution in [0.2, 0.25) is 5.02 Å². The number of alkyl halides is 3. The van der Waals surface area contributed by atoms with E-state index in [2.05, 4.69) is 33.8 Å². The van der Waals surface area contributed by atoms with Gasteiger partial charge in [-0.2, -0.15) is 13.2 Å². The van der Waals surface area contributed by atoms with Crippen molar-refractivity contribution in [3.8, 4) is 0 Å². The molecular formula is C24H28ClF4N3O3. The van der Waals surface area contributed by atoms with Gasteiger partial charge in [0.05, 0.1) is 12.7 Å². The number of aliphatic carboxylic acids is 1. The highest BCUT2D eigenvalue weighted by Gasteiger charge is 2.38. The Morgan fingerprint density at radius 2 is 1.83 bits per heavy atom. The number of piperidine rings is 1. The Hall–Kier alpha value is -2.43. The van der Waals surface area contributed by atoms with Crippen LogP contribution in [0.25, 0.3) is 0 Å². The lowest BCUT2D eigenvalue weighted by atomic mass is 9.96. The van der Waals surface area contributed by atoms with Crippen molar-refractivity contribution in [2.75, 3.05) is 31.1 Å².